The predicted octanol–water partition coefficient (Wildman–Crippen LogP) is 4.22. The van der Waals surface area contributed by atoms with Crippen molar-refractivity contribution in [2.75, 3.05) is 7.11 Å². The molecule has 130 valence electrons. The van der Waals surface area contributed by atoms with Crippen molar-refractivity contribution in [2.45, 2.75) is 19.5 Å². The number of amides is 2. The summed E-state index contributed by atoms with van der Waals surface area (Å²) < 4.78 is 5.80. The van der Waals surface area contributed by atoms with Gasteiger partial charge in [-0.2, -0.15) is 0 Å². The first-order valence-corrected chi connectivity index (χ1v) is 9.34. The standard InChI is InChI=1S/C18H17BrN2O3S/c1-11-15(17(22)24-2)16(13-7-3-4-8-14(13)19)20-18(23)21(11)10-12-6-5-9-25-12/h3-9,16H,10H2,1-2H3,(H,20,23). The Morgan fingerprint density at radius 1 is 1.32 bits per heavy atom. The Bertz CT molecular complexity index is 833. The van der Waals surface area contributed by atoms with Crippen molar-refractivity contribution in [2.24, 2.45) is 0 Å². The molecule has 0 aliphatic carbocycles. The average molecular weight is 421 g/mol. The molecule has 25 heavy (non-hydrogen) atoms. The predicted molar refractivity (Wildman–Crippen MR) is 100.0 cm³/mol. The number of nitrogens with zero attached hydrogens (tertiary/aromatic N) is 1. The van der Waals surface area contributed by atoms with Crippen molar-refractivity contribution in [1.29, 1.82) is 0 Å². The summed E-state index contributed by atoms with van der Waals surface area (Å²) in [4.78, 5) is 27.8. The Kier molecular flexibility index (Phi) is 5.24. The quantitative estimate of drug-likeness (QED) is 0.752. The van der Waals surface area contributed by atoms with Gasteiger partial charge in [0.15, 0.2) is 0 Å². The molecular weight excluding hydrogens is 404 g/mol. The maximum Gasteiger partial charge on any atom is 0.337 e. The summed E-state index contributed by atoms with van der Waals surface area (Å²) in [6, 6.07) is 10.6. The van der Waals surface area contributed by atoms with Crippen molar-refractivity contribution in [1.82, 2.24) is 10.2 Å². The topological polar surface area (TPSA) is 58.6 Å². The number of rotatable bonds is 4. The number of carbonyl (C=O) groups is 2. The second-order valence-electron chi connectivity index (χ2n) is 5.56. The van der Waals surface area contributed by atoms with Crippen LogP contribution in [-0.4, -0.2) is 24.0 Å². The van der Waals surface area contributed by atoms with Gasteiger partial charge in [0.25, 0.3) is 0 Å². The van der Waals surface area contributed by atoms with Gasteiger partial charge in [-0.3, -0.25) is 4.90 Å². The van der Waals surface area contributed by atoms with Crippen LogP contribution in [0, 0.1) is 0 Å². The van der Waals surface area contributed by atoms with E-state index < -0.39 is 12.0 Å². The SMILES string of the molecule is COC(=O)C1=C(C)N(Cc2cccs2)C(=O)NC1c1ccccc1Br. The van der Waals surface area contributed by atoms with E-state index in [1.54, 1.807) is 23.2 Å². The van der Waals surface area contributed by atoms with Gasteiger partial charge in [0.05, 0.1) is 25.3 Å². The first-order valence-electron chi connectivity index (χ1n) is 7.67. The molecular formula is C18H17BrN2O3S. The van der Waals surface area contributed by atoms with Crippen LogP contribution in [0.4, 0.5) is 4.79 Å². The molecule has 1 aliphatic rings. The normalized spacial score (nSPS) is 17.5. The minimum Gasteiger partial charge on any atom is -0.466 e. The number of carbonyl (C=O) groups excluding carboxylic acids is 2. The number of halogens is 1. The second-order valence-corrected chi connectivity index (χ2v) is 7.45. The van der Waals surface area contributed by atoms with E-state index in [0.29, 0.717) is 17.8 Å². The van der Waals surface area contributed by atoms with Gasteiger partial charge in [0.1, 0.15) is 0 Å². The minimum absolute atomic E-state index is 0.237. The molecule has 0 radical (unpaired) electrons. The van der Waals surface area contributed by atoms with Crippen molar-refractivity contribution < 1.29 is 14.3 Å². The zero-order chi connectivity index (χ0) is 18.0. The summed E-state index contributed by atoms with van der Waals surface area (Å²) >= 11 is 5.06. The van der Waals surface area contributed by atoms with E-state index in [2.05, 4.69) is 21.2 Å². The number of hydrogen-bond donors (Lipinski definition) is 1. The van der Waals surface area contributed by atoms with Crippen LogP contribution in [0.5, 0.6) is 0 Å². The van der Waals surface area contributed by atoms with Crippen LogP contribution in [0.25, 0.3) is 0 Å². The summed E-state index contributed by atoms with van der Waals surface area (Å²) in [7, 11) is 1.35. The molecule has 0 saturated carbocycles. The molecule has 1 unspecified atom stereocenters. The molecule has 0 fully saturated rings. The first kappa shape index (κ1) is 17.7. The number of nitrogens with one attached hydrogen (secondary N) is 1. The highest BCUT2D eigenvalue weighted by molar-refractivity contribution is 9.10. The Morgan fingerprint density at radius 2 is 2.08 bits per heavy atom. The molecule has 2 amide bonds. The summed E-state index contributed by atoms with van der Waals surface area (Å²) in [6.07, 6.45) is 0. The van der Waals surface area contributed by atoms with E-state index in [1.807, 2.05) is 41.8 Å². The van der Waals surface area contributed by atoms with Gasteiger partial charge in [-0.1, -0.05) is 40.2 Å². The molecule has 1 atom stereocenters. The number of hydrogen-bond acceptors (Lipinski definition) is 4. The third-order valence-corrected chi connectivity index (χ3v) is 5.70. The van der Waals surface area contributed by atoms with Crippen molar-refractivity contribution >= 4 is 39.3 Å². The molecule has 0 spiro atoms. The number of allylic oxidation sites excluding steroid dienone is 1. The third-order valence-electron chi connectivity index (χ3n) is 4.11. The van der Waals surface area contributed by atoms with Crippen LogP contribution in [0.1, 0.15) is 23.4 Å². The van der Waals surface area contributed by atoms with Crippen LogP contribution in [0.15, 0.2) is 57.5 Å². The second kappa shape index (κ2) is 7.41. The number of thiophene rings is 1. The van der Waals surface area contributed by atoms with E-state index in [9.17, 15) is 9.59 Å². The highest BCUT2D eigenvalue weighted by atomic mass is 79.9. The molecule has 0 saturated heterocycles. The zero-order valence-electron chi connectivity index (χ0n) is 13.8. The van der Waals surface area contributed by atoms with E-state index in [-0.39, 0.29) is 6.03 Å². The fraction of sp³-hybridized carbons (Fsp3) is 0.222. The van der Waals surface area contributed by atoms with Crippen LogP contribution in [0.3, 0.4) is 0 Å². The molecule has 2 heterocycles. The summed E-state index contributed by atoms with van der Waals surface area (Å²) in [6.45, 7) is 2.20. The van der Waals surface area contributed by atoms with Crippen molar-refractivity contribution in [3.05, 3.63) is 68.0 Å². The van der Waals surface area contributed by atoms with Crippen molar-refractivity contribution in [3.8, 4) is 0 Å². The number of benzene rings is 1. The molecule has 2 aromatic rings. The van der Waals surface area contributed by atoms with Crippen LogP contribution >= 0.6 is 27.3 Å². The Hall–Kier alpha value is -2.12. The summed E-state index contributed by atoms with van der Waals surface area (Å²) in [5.41, 5.74) is 1.85. The molecule has 0 bridgehead atoms. The lowest BCUT2D eigenvalue weighted by Crippen LogP contribution is -2.47. The van der Waals surface area contributed by atoms with Gasteiger partial charge in [0.2, 0.25) is 0 Å². The van der Waals surface area contributed by atoms with Gasteiger partial charge in [0, 0.05) is 15.0 Å². The largest absolute Gasteiger partial charge is 0.466 e. The number of methoxy groups -OCH3 is 1. The van der Waals surface area contributed by atoms with Gasteiger partial charge >= 0.3 is 12.0 Å². The minimum atomic E-state index is -0.560. The maximum absolute atomic E-state index is 12.7. The zero-order valence-corrected chi connectivity index (χ0v) is 16.2. The monoisotopic (exact) mass is 420 g/mol. The molecule has 7 heteroatoms. The third kappa shape index (κ3) is 3.48. The fourth-order valence-electron chi connectivity index (χ4n) is 2.85. The van der Waals surface area contributed by atoms with Crippen LogP contribution in [-0.2, 0) is 16.1 Å². The van der Waals surface area contributed by atoms with Crippen LogP contribution in [0.2, 0.25) is 0 Å². The number of esters is 1. The lowest BCUT2D eigenvalue weighted by atomic mass is 9.95. The Balaban J connectivity index is 2.06. The highest BCUT2D eigenvalue weighted by Crippen LogP contribution is 2.35. The van der Waals surface area contributed by atoms with Gasteiger partial charge < -0.3 is 10.1 Å². The molecule has 1 aliphatic heterocycles. The van der Waals surface area contributed by atoms with Crippen molar-refractivity contribution in [3.63, 3.8) is 0 Å². The van der Waals surface area contributed by atoms with Gasteiger partial charge in [-0.15, -0.1) is 11.3 Å². The number of urea groups is 1. The first-order chi connectivity index (χ1) is 12.0. The average Bonchev–Trinajstić information content (AvgIpc) is 3.11. The lowest BCUT2D eigenvalue weighted by molar-refractivity contribution is -0.136. The summed E-state index contributed by atoms with van der Waals surface area (Å²) in [5.74, 6) is -0.450. The van der Waals surface area contributed by atoms with E-state index >= 15 is 0 Å². The molecule has 1 N–H and O–H groups in total. The molecule has 1 aromatic carbocycles. The van der Waals surface area contributed by atoms with Gasteiger partial charge in [-0.25, -0.2) is 9.59 Å². The molecule has 1 aromatic heterocycles. The number of ether oxygens (including phenoxy) is 1. The van der Waals surface area contributed by atoms with E-state index in [1.165, 1.54) is 7.11 Å². The smallest absolute Gasteiger partial charge is 0.337 e. The lowest BCUT2D eigenvalue weighted by Gasteiger charge is -2.35. The van der Waals surface area contributed by atoms with E-state index in [4.69, 9.17) is 4.74 Å². The van der Waals surface area contributed by atoms with Crippen LogP contribution < -0.4 is 5.32 Å². The Labute approximate surface area is 158 Å². The fourth-order valence-corrected chi connectivity index (χ4v) is 4.05. The van der Waals surface area contributed by atoms with Gasteiger partial charge in [-0.05, 0) is 30.0 Å². The summed E-state index contributed by atoms with van der Waals surface area (Å²) in [5, 5.41) is 4.89. The Morgan fingerprint density at radius 3 is 2.72 bits per heavy atom. The molecule has 3 rings (SSSR count). The highest BCUT2D eigenvalue weighted by Gasteiger charge is 2.37. The maximum atomic E-state index is 12.7. The molecule has 5 nitrogen and oxygen atoms in total. The van der Waals surface area contributed by atoms with E-state index in [0.717, 1.165) is 14.9 Å².